The molecular weight excluding hydrogens is 244 g/mol. The number of benzene rings is 2. The van der Waals surface area contributed by atoms with E-state index in [1.807, 2.05) is 6.07 Å². The van der Waals surface area contributed by atoms with Crippen LogP contribution in [0.15, 0.2) is 54.6 Å². The van der Waals surface area contributed by atoms with Crippen molar-refractivity contribution in [3.05, 3.63) is 71.3 Å². The van der Waals surface area contributed by atoms with Gasteiger partial charge in [-0.1, -0.05) is 61.0 Å². The molecule has 0 radical (unpaired) electrons. The fourth-order valence-electron chi connectivity index (χ4n) is 2.85. The van der Waals surface area contributed by atoms with Gasteiger partial charge in [0, 0.05) is 0 Å². The average Bonchev–Trinajstić information content (AvgIpc) is 2.45. The molecule has 2 aromatic rings. The molecule has 1 nitrogen and oxygen atoms in total. The Morgan fingerprint density at radius 3 is 2.25 bits per heavy atom. The first-order valence-corrected chi connectivity index (χ1v) is 7.65. The zero-order valence-electron chi connectivity index (χ0n) is 11.8. The predicted molar refractivity (Wildman–Crippen MR) is 82.8 cm³/mol. The van der Waals surface area contributed by atoms with Crippen molar-refractivity contribution in [3.63, 3.8) is 0 Å². The molecule has 2 aromatic carbocycles. The molecular formula is C19H22O. The Balaban J connectivity index is 1.57. The zero-order chi connectivity index (χ0) is 13.8. The molecule has 0 aliphatic heterocycles. The van der Waals surface area contributed by atoms with Gasteiger partial charge in [-0.05, 0) is 48.3 Å². The lowest BCUT2D eigenvalue weighted by Gasteiger charge is -2.26. The van der Waals surface area contributed by atoms with Crippen molar-refractivity contribution in [1.29, 1.82) is 0 Å². The first kappa shape index (κ1) is 13.4. The van der Waals surface area contributed by atoms with E-state index in [0.29, 0.717) is 0 Å². The predicted octanol–water partition coefficient (Wildman–Crippen LogP) is 4.62. The van der Waals surface area contributed by atoms with Gasteiger partial charge in [-0.2, -0.15) is 0 Å². The molecule has 0 heterocycles. The molecule has 104 valence electrons. The fourth-order valence-corrected chi connectivity index (χ4v) is 2.85. The molecule has 0 amide bonds. The summed E-state index contributed by atoms with van der Waals surface area (Å²) < 4.78 is 0. The van der Waals surface area contributed by atoms with Crippen molar-refractivity contribution in [3.8, 4) is 0 Å². The van der Waals surface area contributed by atoms with E-state index in [0.717, 1.165) is 24.3 Å². The second kappa shape index (κ2) is 6.23. The third kappa shape index (κ3) is 3.10. The maximum absolute atomic E-state index is 10.3. The standard InChI is InChI=1S/C19H22O/c20-19(14-9-15-5-2-1-3-6-15)18-12-10-17(11-13-18)16-7-4-8-16/h1-3,5-6,10-13,16,19-20H,4,7-9,14H2. The monoisotopic (exact) mass is 266 g/mol. The Morgan fingerprint density at radius 1 is 0.950 bits per heavy atom. The summed E-state index contributed by atoms with van der Waals surface area (Å²) in [6.07, 6.45) is 5.38. The first-order valence-electron chi connectivity index (χ1n) is 7.65. The van der Waals surface area contributed by atoms with E-state index < -0.39 is 0 Å². The van der Waals surface area contributed by atoms with Crippen LogP contribution in [-0.2, 0) is 6.42 Å². The van der Waals surface area contributed by atoms with E-state index in [-0.39, 0.29) is 6.10 Å². The van der Waals surface area contributed by atoms with Crippen molar-refractivity contribution in [2.45, 2.75) is 44.1 Å². The van der Waals surface area contributed by atoms with Gasteiger partial charge in [-0.3, -0.25) is 0 Å². The van der Waals surface area contributed by atoms with E-state index in [4.69, 9.17) is 0 Å². The SMILES string of the molecule is OC(CCc1ccccc1)c1ccc(C2CCC2)cc1. The Bertz CT molecular complexity index is 525. The summed E-state index contributed by atoms with van der Waals surface area (Å²) in [4.78, 5) is 0. The third-order valence-electron chi connectivity index (χ3n) is 4.45. The second-order valence-corrected chi connectivity index (χ2v) is 5.83. The molecule has 1 N–H and O–H groups in total. The van der Waals surface area contributed by atoms with E-state index in [2.05, 4.69) is 48.5 Å². The summed E-state index contributed by atoms with van der Waals surface area (Å²) >= 11 is 0. The zero-order valence-corrected chi connectivity index (χ0v) is 11.8. The molecule has 1 aliphatic carbocycles. The van der Waals surface area contributed by atoms with Crippen molar-refractivity contribution in [1.82, 2.24) is 0 Å². The van der Waals surface area contributed by atoms with E-state index in [9.17, 15) is 5.11 Å². The van der Waals surface area contributed by atoms with E-state index in [1.165, 1.54) is 30.4 Å². The molecule has 0 bridgehead atoms. The van der Waals surface area contributed by atoms with Crippen molar-refractivity contribution >= 4 is 0 Å². The third-order valence-corrected chi connectivity index (χ3v) is 4.45. The van der Waals surface area contributed by atoms with E-state index in [1.54, 1.807) is 0 Å². The molecule has 1 aliphatic rings. The summed E-state index contributed by atoms with van der Waals surface area (Å²) in [7, 11) is 0. The van der Waals surface area contributed by atoms with Crippen molar-refractivity contribution in [2.75, 3.05) is 0 Å². The van der Waals surface area contributed by atoms with Crippen LogP contribution in [0.4, 0.5) is 0 Å². The van der Waals surface area contributed by atoms with Crippen LogP contribution < -0.4 is 0 Å². The molecule has 1 fully saturated rings. The highest BCUT2D eigenvalue weighted by atomic mass is 16.3. The Kier molecular flexibility index (Phi) is 4.17. The summed E-state index contributed by atoms with van der Waals surface area (Å²) in [5.41, 5.74) is 3.77. The minimum atomic E-state index is -0.356. The molecule has 1 atom stereocenters. The van der Waals surface area contributed by atoms with Gasteiger partial charge in [-0.25, -0.2) is 0 Å². The average molecular weight is 266 g/mol. The Hall–Kier alpha value is -1.60. The molecule has 1 heteroatoms. The molecule has 3 rings (SSSR count). The highest BCUT2D eigenvalue weighted by molar-refractivity contribution is 5.28. The van der Waals surface area contributed by atoms with Gasteiger partial charge in [0.05, 0.1) is 6.10 Å². The lowest BCUT2D eigenvalue weighted by atomic mass is 9.80. The molecule has 0 spiro atoms. The minimum absolute atomic E-state index is 0.356. The lowest BCUT2D eigenvalue weighted by molar-refractivity contribution is 0.168. The number of rotatable bonds is 5. The van der Waals surface area contributed by atoms with Crippen molar-refractivity contribution < 1.29 is 5.11 Å². The summed E-state index contributed by atoms with van der Waals surface area (Å²) in [5, 5.41) is 10.3. The van der Waals surface area contributed by atoms with Crippen LogP contribution in [0.5, 0.6) is 0 Å². The van der Waals surface area contributed by atoms with Crippen molar-refractivity contribution in [2.24, 2.45) is 0 Å². The van der Waals surface area contributed by atoms with Gasteiger partial charge in [-0.15, -0.1) is 0 Å². The number of hydrogen-bond acceptors (Lipinski definition) is 1. The summed E-state index contributed by atoms with van der Waals surface area (Å²) in [6.45, 7) is 0. The second-order valence-electron chi connectivity index (χ2n) is 5.83. The minimum Gasteiger partial charge on any atom is -0.388 e. The van der Waals surface area contributed by atoms with Crippen LogP contribution in [0.3, 0.4) is 0 Å². The quantitative estimate of drug-likeness (QED) is 0.837. The topological polar surface area (TPSA) is 20.2 Å². The molecule has 20 heavy (non-hydrogen) atoms. The lowest BCUT2D eigenvalue weighted by Crippen LogP contribution is -2.08. The normalized spacial score (nSPS) is 16.6. The van der Waals surface area contributed by atoms with Crippen LogP contribution in [-0.4, -0.2) is 5.11 Å². The Labute approximate surface area is 121 Å². The van der Waals surface area contributed by atoms with Crippen LogP contribution in [0.25, 0.3) is 0 Å². The van der Waals surface area contributed by atoms with Gasteiger partial charge >= 0.3 is 0 Å². The van der Waals surface area contributed by atoms with Crippen LogP contribution in [0.2, 0.25) is 0 Å². The number of aliphatic hydroxyl groups excluding tert-OH is 1. The largest absolute Gasteiger partial charge is 0.388 e. The van der Waals surface area contributed by atoms with Gasteiger partial charge in [0.25, 0.3) is 0 Å². The van der Waals surface area contributed by atoms with Gasteiger partial charge < -0.3 is 5.11 Å². The number of hydrogen-bond donors (Lipinski definition) is 1. The fraction of sp³-hybridized carbons (Fsp3) is 0.368. The summed E-state index contributed by atoms with van der Waals surface area (Å²) in [6, 6.07) is 19.0. The Morgan fingerprint density at radius 2 is 1.65 bits per heavy atom. The molecule has 1 saturated carbocycles. The first-order chi connectivity index (χ1) is 9.83. The molecule has 0 aromatic heterocycles. The maximum Gasteiger partial charge on any atom is 0.0793 e. The van der Waals surface area contributed by atoms with Crippen LogP contribution in [0, 0.1) is 0 Å². The summed E-state index contributed by atoms with van der Waals surface area (Å²) in [5.74, 6) is 0.769. The number of aryl methyl sites for hydroxylation is 1. The highest BCUT2D eigenvalue weighted by Crippen LogP contribution is 2.36. The van der Waals surface area contributed by atoms with Gasteiger partial charge in [0.2, 0.25) is 0 Å². The highest BCUT2D eigenvalue weighted by Gasteiger charge is 2.19. The molecule has 0 saturated heterocycles. The maximum atomic E-state index is 10.3. The van der Waals surface area contributed by atoms with Gasteiger partial charge in [0.15, 0.2) is 0 Å². The molecule has 1 unspecified atom stereocenters. The van der Waals surface area contributed by atoms with E-state index >= 15 is 0 Å². The van der Waals surface area contributed by atoms with Gasteiger partial charge in [0.1, 0.15) is 0 Å². The number of aliphatic hydroxyl groups is 1. The van der Waals surface area contributed by atoms with Crippen LogP contribution in [0.1, 0.15) is 54.4 Å². The smallest absolute Gasteiger partial charge is 0.0793 e. The van der Waals surface area contributed by atoms with Crippen LogP contribution >= 0.6 is 0 Å².